The fourth-order valence-electron chi connectivity index (χ4n) is 3.04. The molecule has 0 radical (unpaired) electrons. The number of hydrogen-bond donors (Lipinski definition) is 0. The number of rotatable bonds is 3. The quantitative estimate of drug-likeness (QED) is 0.596. The molecule has 0 N–H and O–H groups in total. The number of piperazine rings is 1. The lowest BCUT2D eigenvalue weighted by Crippen LogP contribution is -2.49. The van der Waals surface area contributed by atoms with E-state index in [1.54, 1.807) is 11.0 Å². The number of amides is 1. The molecule has 2 rings (SSSR count). The van der Waals surface area contributed by atoms with Gasteiger partial charge in [-0.1, -0.05) is 17.6 Å². The minimum absolute atomic E-state index is 0.219. The highest BCUT2D eigenvalue weighted by Crippen LogP contribution is 2.20. The van der Waals surface area contributed by atoms with Gasteiger partial charge >= 0.3 is 13.1 Å². The number of ether oxygens (including phenoxy) is 1. The van der Waals surface area contributed by atoms with Crippen LogP contribution in [-0.2, 0) is 11.3 Å². The Labute approximate surface area is 158 Å². The fraction of sp³-hybridized carbons (Fsp3) is 0.526. The van der Waals surface area contributed by atoms with Crippen molar-refractivity contribution < 1.29 is 22.5 Å². The normalized spacial score (nSPS) is 16.1. The van der Waals surface area contributed by atoms with Crippen molar-refractivity contribution in [1.82, 2.24) is 9.80 Å². The first-order valence-corrected chi connectivity index (χ1v) is 8.91. The molecular formula is C19H25BF3N2O2-. The molecule has 1 amide bonds. The van der Waals surface area contributed by atoms with Crippen molar-refractivity contribution in [2.24, 2.45) is 0 Å². The van der Waals surface area contributed by atoms with Crippen molar-refractivity contribution in [3.05, 3.63) is 28.8 Å². The molecule has 0 aliphatic carbocycles. The van der Waals surface area contributed by atoms with Crippen LogP contribution in [0.25, 0.3) is 0 Å². The number of nitrogens with zero attached hydrogens (tertiary/aromatic N) is 2. The molecule has 27 heavy (non-hydrogen) atoms. The molecule has 4 nitrogen and oxygen atoms in total. The summed E-state index contributed by atoms with van der Waals surface area (Å²) < 4.78 is 45.3. The zero-order valence-electron chi connectivity index (χ0n) is 16.2. The molecule has 1 saturated heterocycles. The summed E-state index contributed by atoms with van der Waals surface area (Å²) in [4.78, 5) is 15.8. The third kappa shape index (κ3) is 5.67. The van der Waals surface area contributed by atoms with Crippen molar-refractivity contribution in [3.8, 4) is 12.3 Å². The first kappa shape index (κ1) is 21.2. The minimum Gasteiger partial charge on any atom is -0.445 e. The van der Waals surface area contributed by atoms with E-state index in [1.807, 2.05) is 25.7 Å². The fourth-order valence-corrected chi connectivity index (χ4v) is 3.04. The van der Waals surface area contributed by atoms with E-state index in [0.717, 1.165) is 6.07 Å². The van der Waals surface area contributed by atoms with Gasteiger partial charge in [-0.3, -0.25) is 4.90 Å². The third-order valence-corrected chi connectivity index (χ3v) is 4.49. The van der Waals surface area contributed by atoms with Gasteiger partial charge in [0.2, 0.25) is 0 Å². The molecule has 1 aromatic rings. The van der Waals surface area contributed by atoms with Crippen molar-refractivity contribution in [1.29, 1.82) is 0 Å². The second-order valence-electron chi connectivity index (χ2n) is 7.81. The lowest BCUT2D eigenvalue weighted by Gasteiger charge is -2.36. The van der Waals surface area contributed by atoms with Crippen LogP contribution in [0.3, 0.4) is 0 Å². The number of carbonyl (C=O) groups excluding carboxylic acids is 1. The van der Waals surface area contributed by atoms with E-state index >= 15 is 0 Å². The van der Waals surface area contributed by atoms with E-state index in [0.29, 0.717) is 38.3 Å². The summed E-state index contributed by atoms with van der Waals surface area (Å²) in [6.45, 7) is 4.21. The van der Waals surface area contributed by atoms with Crippen LogP contribution in [0.15, 0.2) is 12.1 Å². The molecule has 1 heterocycles. The van der Waals surface area contributed by atoms with Gasteiger partial charge in [-0.25, -0.2) is 4.79 Å². The number of benzene rings is 1. The Morgan fingerprint density at radius 2 is 1.81 bits per heavy atom. The Kier molecular flexibility index (Phi) is 6.16. The molecule has 0 spiro atoms. The maximum Gasteiger partial charge on any atom is 0.509 e. The molecular weight excluding hydrogens is 356 g/mol. The van der Waals surface area contributed by atoms with Crippen molar-refractivity contribution >= 4 is 18.5 Å². The van der Waals surface area contributed by atoms with Crippen molar-refractivity contribution in [3.63, 3.8) is 0 Å². The largest absolute Gasteiger partial charge is 0.509 e. The van der Waals surface area contributed by atoms with E-state index in [2.05, 4.69) is 5.92 Å². The summed E-state index contributed by atoms with van der Waals surface area (Å²) in [5.41, 5.74) is -0.164. The van der Waals surface area contributed by atoms with E-state index in [-0.39, 0.29) is 17.2 Å². The SMILES string of the molecule is C#Cc1cc(CN2CCN(C(=O)OC(C)(C)C)CC2)c(C)c([B-](F)(F)F)c1. The lowest BCUT2D eigenvalue weighted by atomic mass is 9.75. The predicted octanol–water partition coefficient (Wildman–Crippen LogP) is 3.08. The highest BCUT2D eigenvalue weighted by molar-refractivity contribution is 6.74. The maximum absolute atomic E-state index is 13.3. The smallest absolute Gasteiger partial charge is 0.445 e. The number of hydrogen-bond acceptors (Lipinski definition) is 3. The van der Waals surface area contributed by atoms with Crippen LogP contribution in [0.2, 0.25) is 0 Å². The van der Waals surface area contributed by atoms with Gasteiger partial charge in [0, 0.05) is 38.3 Å². The summed E-state index contributed by atoms with van der Waals surface area (Å²) >= 11 is 0. The van der Waals surface area contributed by atoms with Crippen molar-refractivity contribution in [2.75, 3.05) is 26.2 Å². The maximum atomic E-state index is 13.3. The van der Waals surface area contributed by atoms with E-state index in [9.17, 15) is 17.7 Å². The molecule has 1 fully saturated rings. The molecule has 0 atom stereocenters. The Hall–Kier alpha value is -2.14. The first-order valence-electron chi connectivity index (χ1n) is 8.91. The third-order valence-electron chi connectivity index (χ3n) is 4.49. The standard InChI is InChI=1S/C19H25BF3N2O2/c1-6-15-11-16(14(2)17(12-15)20(21,22)23)13-24-7-9-25(10-8-24)18(26)27-19(3,4)5/h1,11-12H,7-10,13H2,2-5H3/q-1. The van der Waals surface area contributed by atoms with E-state index in [1.165, 1.54) is 6.92 Å². The average Bonchev–Trinajstić information content (AvgIpc) is 2.54. The summed E-state index contributed by atoms with van der Waals surface area (Å²) in [7, 11) is 0. The van der Waals surface area contributed by atoms with Gasteiger partial charge in [-0.05, 0) is 39.3 Å². The Morgan fingerprint density at radius 3 is 2.30 bits per heavy atom. The molecule has 0 unspecified atom stereocenters. The average molecular weight is 381 g/mol. The van der Waals surface area contributed by atoms with Crippen molar-refractivity contribution in [2.45, 2.75) is 39.8 Å². The molecule has 0 aromatic heterocycles. The highest BCUT2D eigenvalue weighted by atomic mass is 19.4. The minimum atomic E-state index is -5.12. The molecule has 1 aliphatic rings. The van der Waals surface area contributed by atoms with Crippen LogP contribution in [0, 0.1) is 19.3 Å². The molecule has 1 aliphatic heterocycles. The number of carbonyl (C=O) groups is 1. The Bertz CT molecular complexity index is 743. The molecule has 1 aromatic carbocycles. The second kappa shape index (κ2) is 7.85. The van der Waals surface area contributed by atoms with Gasteiger partial charge in [0.05, 0.1) is 0 Å². The van der Waals surface area contributed by atoms with E-state index in [4.69, 9.17) is 11.2 Å². The van der Waals surface area contributed by atoms with Gasteiger partial charge in [0.25, 0.3) is 0 Å². The van der Waals surface area contributed by atoms with Crippen LogP contribution >= 0.6 is 0 Å². The summed E-state index contributed by atoms with van der Waals surface area (Å²) in [6, 6.07) is 2.68. The number of terminal acetylenes is 1. The Morgan fingerprint density at radius 1 is 1.22 bits per heavy atom. The topological polar surface area (TPSA) is 32.8 Å². The molecule has 0 saturated carbocycles. The molecule has 8 heteroatoms. The van der Waals surface area contributed by atoms with Crippen LogP contribution in [0.1, 0.15) is 37.5 Å². The summed E-state index contributed by atoms with van der Waals surface area (Å²) in [5, 5.41) is 0. The van der Waals surface area contributed by atoms with Gasteiger partial charge in [-0.2, -0.15) is 0 Å². The van der Waals surface area contributed by atoms with E-state index < -0.39 is 18.0 Å². The van der Waals surface area contributed by atoms with Gasteiger partial charge in [-0.15, -0.1) is 11.9 Å². The van der Waals surface area contributed by atoms with Crippen LogP contribution in [-0.4, -0.2) is 54.7 Å². The highest BCUT2D eigenvalue weighted by Gasteiger charge is 2.30. The lowest BCUT2D eigenvalue weighted by molar-refractivity contribution is 0.0139. The zero-order valence-corrected chi connectivity index (χ0v) is 16.2. The van der Waals surface area contributed by atoms with Crippen LogP contribution < -0.4 is 5.46 Å². The van der Waals surface area contributed by atoms with Gasteiger partial charge in [0.1, 0.15) is 5.60 Å². The van der Waals surface area contributed by atoms with Gasteiger partial charge < -0.3 is 22.6 Å². The monoisotopic (exact) mass is 381 g/mol. The summed E-state index contributed by atoms with van der Waals surface area (Å²) in [6.07, 6.45) is 4.97. The second-order valence-corrected chi connectivity index (χ2v) is 7.81. The summed E-state index contributed by atoms with van der Waals surface area (Å²) in [5.74, 6) is 2.31. The van der Waals surface area contributed by atoms with Crippen LogP contribution in [0.4, 0.5) is 17.7 Å². The number of halogens is 3. The first-order chi connectivity index (χ1) is 12.4. The molecule has 148 valence electrons. The van der Waals surface area contributed by atoms with Crippen LogP contribution in [0.5, 0.6) is 0 Å². The molecule has 0 bridgehead atoms. The predicted molar refractivity (Wildman–Crippen MR) is 101 cm³/mol. The van der Waals surface area contributed by atoms with Gasteiger partial charge in [0.15, 0.2) is 0 Å². The zero-order chi connectivity index (χ0) is 20.4. The Balaban J connectivity index is 2.07.